The van der Waals surface area contributed by atoms with E-state index in [2.05, 4.69) is 9.98 Å². The van der Waals surface area contributed by atoms with Crippen LogP contribution in [0.4, 0.5) is 8.78 Å². The molecule has 0 bridgehead atoms. The van der Waals surface area contributed by atoms with Crippen molar-refractivity contribution in [3.05, 3.63) is 65.4 Å². The molecule has 2 heterocycles. The highest BCUT2D eigenvalue weighted by molar-refractivity contribution is 7.86. The number of phenols is 1. The topological polar surface area (TPSA) is 186 Å². The molecule has 0 saturated carbocycles. The van der Waals surface area contributed by atoms with Gasteiger partial charge in [-0.3, -0.25) is 19.4 Å². The lowest BCUT2D eigenvalue weighted by atomic mass is 10.1. The zero-order valence-electron chi connectivity index (χ0n) is 22.6. The molecule has 0 saturated heterocycles. The van der Waals surface area contributed by atoms with Crippen LogP contribution in [0.15, 0.2) is 52.5 Å². The minimum atomic E-state index is -1.93. The quantitative estimate of drug-likeness (QED) is 0.144. The fourth-order valence-electron chi connectivity index (χ4n) is 3.97. The maximum absolute atomic E-state index is 15.5. The third kappa shape index (κ3) is 6.31. The third-order valence-corrected chi connectivity index (χ3v) is 7.71. The Kier molecular flexibility index (Phi) is 9.32. The van der Waals surface area contributed by atoms with Crippen LogP contribution in [0, 0.1) is 17.0 Å². The van der Waals surface area contributed by atoms with Crippen molar-refractivity contribution in [2.45, 2.75) is 17.1 Å². The summed E-state index contributed by atoms with van der Waals surface area (Å²) in [7, 11) is -0.175. The standard InChI is InChI=1S/C27H28F2N6O6S/c1-3-39-27(37)21(12-30)42(38)15-5-7-19(16(11-15)25-33-8-9-35(25)2)40-23-17(28)13-34-26(22(23)29)41-20-10-14(24(31)32)4-6-18(20)36/h4-7,10-11,13,21,36H,3,8-9,12,30H2,1-2H3,(H3,31,32). The lowest BCUT2D eigenvalue weighted by Gasteiger charge is -2.20. The van der Waals surface area contributed by atoms with Crippen LogP contribution in [-0.4, -0.2) is 75.4 Å². The van der Waals surface area contributed by atoms with Crippen LogP contribution in [0.1, 0.15) is 18.1 Å². The Bertz CT molecular complexity index is 1590. The largest absolute Gasteiger partial charge is 0.504 e. The minimum absolute atomic E-state index is 0.0416. The van der Waals surface area contributed by atoms with Gasteiger partial charge in [-0.15, -0.1) is 0 Å². The molecular weight excluding hydrogens is 574 g/mol. The van der Waals surface area contributed by atoms with Crippen LogP contribution in [0.5, 0.6) is 28.9 Å². The van der Waals surface area contributed by atoms with Gasteiger partial charge in [0, 0.05) is 30.6 Å². The van der Waals surface area contributed by atoms with E-state index in [9.17, 15) is 18.5 Å². The monoisotopic (exact) mass is 602 g/mol. The molecule has 0 fully saturated rings. The number of esters is 1. The Morgan fingerprint density at radius 3 is 2.62 bits per heavy atom. The lowest BCUT2D eigenvalue weighted by Crippen LogP contribution is -2.35. The molecule has 0 amide bonds. The Morgan fingerprint density at radius 1 is 1.21 bits per heavy atom. The number of nitrogens with zero attached hydrogens (tertiary/aromatic N) is 3. The molecule has 15 heteroatoms. The summed E-state index contributed by atoms with van der Waals surface area (Å²) in [4.78, 5) is 22.4. The highest BCUT2D eigenvalue weighted by atomic mass is 32.2. The third-order valence-electron chi connectivity index (χ3n) is 6.09. The van der Waals surface area contributed by atoms with Crippen molar-refractivity contribution in [1.29, 1.82) is 5.41 Å². The van der Waals surface area contributed by atoms with E-state index in [-0.39, 0.29) is 46.5 Å². The molecule has 2 aromatic carbocycles. The molecule has 3 aromatic rings. The van der Waals surface area contributed by atoms with Crippen molar-refractivity contribution in [2.75, 3.05) is 33.3 Å². The van der Waals surface area contributed by atoms with E-state index in [0.717, 1.165) is 0 Å². The van der Waals surface area contributed by atoms with Crippen molar-refractivity contribution in [2.24, 2.45) is 16.5 Å². The summed E-state index contributed by atoms with van der Waals surface area (Å²) < 4.78 is 59.8. The van der Waals surface area contributed by atoms with Gasteiger partial charge in [0.25, 0.3) is 5.88 Å². The number of aliphatic imine (C=N–C) groups is 1. The number of carbonyl (C=O) groups is 1. The number of hydrogen-bond acceptors (Lipinski definition) is 11. The van der Waals surface area contributed by atoms with Gasteiger partial charge in [0.15, 0.2) is 17.3 Å². The van der Waals surface area contributed by atoms with Gasteiger partial charge in [0.2, 0.25) is 11.6 Å². The summed E-state index contributed by atoms with van der Waals surface area (Å²) in [6, 6.07) is 7.92. The lowest BCUT2D eigenvalue weighted by molar-refractivity contribution is -0.142. The van der Waals surface area contributed by atoms with Crippen LogP contribution in [0.3, 0.4) is 0 Å². The van der Waals surface area contributed by atoms with Crippen LogP contribution in [-0.2, 0) is 20.3 Å². The molecule has 0 spiro atoms. The maximum Gasteiger partial charge on any atom is 0.323 e. The second-order valence-electron chi connectivity index (χ2n) is 8.91. The molecule has 4 rings (SSSR count). The first-order chi connectivity index (χ1) is 20.0. The molecule has 42 heavy (non-hydrogen) atoms. The van der Waals surface area contributed by atoms with Gasteiger partial charge in [-0.1, -0.05) is 0 Å². The smallest absolute Gasteiger partial charge is 0.323 e. The molecule has 12 nitrogen and oxygen atoms in total. The fourth-order valence-corrected chi connectivity index (χ4v) is 5.15. The van der Waals surface area contributed by atoms with Crippen LogP contribution < -0.4 is 20.9 Å². The average molecular weight is 603 g/mol. The number of likely N-dealkylation sites (N-methyl/N-ethyl adjacent to an activating group) is 1. The number of pyridine rings is 1. The minimum Gasteiger partial charge on any atom is -0.504 e. The van der Waals surface area contributed by atoms with Gasteiger partial charge in [-0.25, -0.2) is 9.37 Å². The maximum atomic E-state index is 15.5. The number of rotatable bonds is 11. The van der Waals surface area contributed by atoms with E-state index in [1.807, 2.05) is 0 Å². The number of nitrogen functional groups attached to an aromatic ring is 1. The molecule has 0 aliphatic carbocycles. The fraction of sp³-hybridized carbons (Fsp3) is 0.259. The van der Waals surface area contributed by atoms with E-state index in [4.69, 9.17) is 31.1 Å². The van der Waals surface area contributed by atoms with Crippen LogP contribution >= 0.6 is 0 Å². The molecule has 2 atom stereocenters. The number of benzene rings is 2. The van der Waals surface area contributed by atoms with Crippen molar-refractivity contribution in [1.82, 2.24) is 9.88 Å². The Morgan fingerprint density at radius 2 is 1.98 bits per heavy atom. The van der Waals surface area contributed by atoms with E-state index < -0.39 is 51.0 Å². The summed E-state index contributed by atoms with van der Waals surface area (Å²) in [5.74, 6) is -5.45. The van der Waals surface area contributed by atoms with Gasteiger partial charge in [0.1, 0.15) is 22.7 Å². The number of nitrogens with two attached hydrogens (primary N) is 2. The highest BCUT2D eigenvalue weighted by Gasteiger charge is 2.29. The second kappa shape index (κ2) is 12.9. The van der Waals surface area contributed by atoms with Crippen molar-refractivity contribution in [3.63, 3.8) is 0 Å². The molecule has 1 aliphatic heterocycles. The number of ether oxygens (including phenoxy) is 3. The average Bonchev–Trinajstić information content (AvgIpc) is 3.39. The molecule has 1 aromatic heterocycles. The first kappa shape index (κ1) is 30.3. The van der Waals surface area contributed by atoms with Crippen molar-refractivity contribution in [3.8, 4) is 28.9 Å². The van der Waals surface area contributed by atoms with Crippen LogP contribution in [0.2, 0.25) is 0 Å². The number of amidine groups is 2. The number of phenolic OH excluding ortho intramolecular Hbond substituents is 1. The molecule has 222 valence electrons. The number of aromatic nitrogens is 1. The molecule has 1 aliphatic rings. The first-order valence-electron chi connectivity index (χ1n) is 12.6. The molecule has 6 N–H and O–H groups in total. The summed E-state index contributed by atoms with van der Waals surface area (Å²) in [5, 5.41) is 16.5. The molecule has 2 unspecified atom stereocenters. The molecule has 0 radical (unpaired) electrons. The number of carbonyl (C=O) groups excluding carboxylic acids is 1. The number of hydrogen-bond donors (Lipinski definition) is 4. The Hall–Kier alpha value is -4.63. The van der Waals surface area contributed by atoms with Crippen molar-refractivity contribution >= 4 is 28.4 Å². The number of nitrogens with one attached hydrogen (secondary N) is 1. The predicted octanol–water partition coefficient (Wildman–Crippen LogP) is 2.62. The van der Waals surface area contributed by atoms with Crippen LogP contribution in [0.25, 0.3) is 0 Å². The summed E-state index contributed by atoms with van der Waals surface area (Å²) in [6.45, 7) is 2.46. The Labute approximate surface area is 241 Å². The predicted molar refractivity (Wildman–Crippen MR) is 150 cm³/mol. The van der Waals surface area contributed by atoms with E-state index in [1.165, 1.54) is 36.4 Å². The first-order valence-corrected chi connectivity index (χ1v) is 13.8. The second-order valence-corrected chi connectivity index (χ2v) is 10.5. The zero-order chi connectivity index (χ0) is 30.6. The zero-order valence-corrected chi connectivity index (χ0v) is 23.4. The van der Waals surface area contributed by atoms with Gasteiger partial charge in [-0.2, -0.15) is 4.39 Å². The van der Waals surface area contributed by atoms with E-state index in [1.54, 1.807) is 18.9 Å². The Balaban J connectivity index is 1.73. The normalized spacial score (nSPS) is 14.2. The van der Waals surface area contributed by atoms with Gasteiger partial charge in [-0.05, 0) is 43.3 Å². The van der Waals surface area contributed by atoms with Gasteiger partial charge in [0.05, 0.1) is 35.7 Å². The van der Waals surface area contributed by atoms with E-state index >= 15 is 4.39 Å². The number of halogens is 2. The SMILES string of the molecule is CCOC(=O)C(CN)S(=O)c1ccc(Oc2c(F)cnc(Oc3cc(C(=N)N)ccc3O)c2F)c(C2=NCCN2C)c1. The highest BCUT2D eigenvalue weighted by Crippen LogP contribution is 2.38. The molecular formula is C27H28F2N6O6S. The van der Waals surface area contributed by atoms with Gasteiger partial charge >= 0.3 is 5.97 Å². The van der Waals surface area contributed by atoms with Gasteiger partial charge < -0.3 is 35.7 Å². The van der Waals surface area contributed by atoms with E-state index in [0.29, 0.717) is 25.1 Å². The summed E-state index contributed by atoms with van der Waals surface area (Å²) >= 11 is 0. The number of aromatic hydroxyl groups is 1. The summed E-state index contributed by atoms with van der Waals surface area (Å²) in [6.07, 6.45) is 0.674. The summed E-state index contributed by atoms with van der Waals surface area (Å²) in [5.41, 5.74) is 11.6. The van der Waals surface area contributed by atoms with Crippen molar-refractivity contribution < 1.29 is 37.1 Å².